The van der Waals surface area contributed by atoms with Gasteiger partial charge in [-0.05, 0) is 74.9 Å². The molecule has 0 aliphatic heterocycles. The summed E-state index contributed by atoms with van der Waals surface area (Å²) in [5.74, 6) is 0.221. The van der Waals surface area contributed by atoms with Gasteiger partial charge in [-0.15, -0.1) is 0 Å². The summed E-state index contributed by atoms with van der Waals surface area (Å²) in [5.41, 5.74) is 1.80. The highest BCUT2D eigenvalue weighted by Gasteiger charge is 2.24. The summed E-state index contributed by atoms with van der Waals surface area (Å²) >= 11 is 0. The molecular formula is C24H24N4O4S. The third kappa shape index (κ3) is 5.37. The monoisotopic (exact) mass is 464 g/mol. The Morgan fingerprint density at radius 1 is 1.15 bits per heavy atom. The van der Waals surface area contributed by atoms with Gasteiger partial charge < -0.3 is 10.1 Å². The largest absolute Gasteiger partial charge is 0.438 e. The van der Waals surface area contributed by atoms with Crippen molar-refractivity contribution in [2.45, 2.75) is 31.7 Å². The number of nitrogens with one attached hydrogen (secondary N) is 1. The zero-order valence-corrected chi connectivity index (χ0v) is 19.6. The van der Waals surface area contributed by atoms with E-state index >= 15 is 0 Å². The Bertz CT molecular complexity index is 1330. The molecule has 1 amide bonds. The first-order valence-electron chi connectivity index (χ1n) is 10.2. The van der Waals surface area contributed by atoms with Crippen LogP contribution >= 0.6 is 0 Å². The van der Waals surface area contributed by atoms with E-state index in [9.17, 15) is 18.5 Å². The standard InChI is InChI=1S/C24H24N4O4S/c1-16(2)28(4)33(30,31)21-9-5-7-18(14-21)23(29)27-22-11-10-20(13-17(22)3)32-24-19(15-25)8-6-12-26-24/h5-14,16H,1-4H3,(H,27,29). The van der Waals surface area contributed by atoms with Crippen molar-refractivity contribution in [2.24, 2.45) is 0 Å². The highest BCUT2D eigenvalue weighted by Crippen LogP contribution is 2.27. The second kappa shape index (κ2) is 9.81. The molecule has 1 aromatic heterocycles. The van der Waals surface area contributed by atoms with Gasteiger partial charge in [0.15, 0.2) is 0 Å². The molecule has 0 aliphatic rings. The van der Waals surface area contributed by atoms with Crippen molar-refractivity contribution in [3.8, 4) is 17.7 Å². The number of pyridine rings is 1. The molecule has 1 heterocycles. The van der Waals surface area contributed by atoms with Crippen LogP contribution in [0.1, 0.15) is 35.3 Å². The van der Waals surface area contributed by atoms with Gasteiger partial charge in [-0.25, -0.2) is 13.4 Å². The number of benzene rings is 2. The lowest BCUT2D eigenvalue weighted by atomic mass is 10.1. The van der Waals surface area contributed by atoms with Gasteiger partial charge in [-0.2, -0.15) is 9.57 Å². The number of sulfonamides is 1. The third-order valence-corrected chi connectivity index (χ3v) is 7.08. The Hall–Kier alpha value is -3.74. The molecule has 0 unspecified atom stereocenters. The zero-order valence-electron chi connectivity index (χ0n) is 18.7. The molecule has 33 heavy (non-hydrogen) atoms. The summed E-state index contributed by atoms with van der Waals surface area (Å²) in [5, 5.41) is 12.0. The van der Waals surface area contributed by atoms with Gasteiger partial charge in [0.25, 0.3) is 5.91 Å². The van der Waals surface area contributed by atoms with Crippen LogP contribution in [0.2, 0.25) is 0 Å². The second-order valence-electron chi connectivity index (χ2n) is 7.64. The number of nitrogens with zero attached hydrogens (tertiary/aromatic N) is 3. The summed E-state index contributed by atoms with van der Waals surface area (Å²) in [4.78, 5) is 16.9. The fourth-order valence-corrected chi connectivity index (χ4v) is 4.36. The van der Waals surface area contributed by atoms with E-state index in [4.69, 9.17) is 4.74 Å². The van der Waals surface area contributed by atoms with Gasteiger partial charge in [0.05, 0.1) is 4.90 Å². The number of carbonyl (C=O) groups is 1. The van der Waals surface area contributed by atoms with E-state index in [0.29, 0.717) is 17.0 Å². The van der Waals surface area contributed by atoms with Crippen molar-refractivity contribution >= 4 is 21.6 Å². The zero-order chi connectivity index (χ0) is 24.2. The van der Waals surface area contributed by atoms with Crippen LogP contribution in [0.15, 0.2) is 65.7 Å². The Labute approximate surface area is 193 Å². The summed E-state index contributed by atoms with van der Waals surface area (Å²) in [6.07, 6.45) is 1.53. The molecular weight excluding hydrogens is 440 g/mol. The molecule has 0 fully saturated rings. The molecule has 0 saturated carbocycles. The number of amides is 1. The lowest BCUT2D eigenvalue weighted by Gasteiger charge is -2.21. The van der Waals surface area contributed by atoms with E-state index in [1.807, 2.05) is 6.07 Å². The lowest BCUT2D eigenvalue weighted by molar-refractivity contribution is 0.102. The van der Waals surface area contributed by atoms with Gasteiger partial charge in [0.2, 0.25) is 15.9 Å². The fraction of sp³-hybridized carbons (Fsp3) is 0.208. The van der Waals surface area contributed by atoms with Crippen molar-refractivity contribution in [1.82, 2.24) is 9.29 Å². The Kier molecular flexibility index (Phi) is 7.11. The van der Waals surface area contributed by atoms with Crippen LogP contribution in [0.3, 0.4) is 0 Å². The highest BCUT2D eigenvalue weighted by molar-refractivity contribution is 7.89. The van der Waals surface area contributed by atoms with Crippen molar-refractivity contribution in [2.75, 3.05) is 12.4 Å². The minimum absolute atomic E-state index is 0.0514. The second-order valence-corrected chi connectivity index (χ2v) is 9.64. The van der Waals surface area contributed by atoms with Gasteiger partial charge in [-0.3, -0.25) is 4.79 Å². The van der Waals surface area contributed by atoms with Crippen LogP contribution in [-0.2, 0) is 10.0 Å². The number of rotatable bonds is 7. The normalized spacial score (nSPS) is 11.3. The quantitative estimate of drug-likeness (QED) is 0.557. The summed E-state index contributed by atoms with van der Waals surface area (Å²) in [6, 6.07) is 16.0. The van der Waals surface area contributed by atoms with Crippen LogP contribution in [0.5, 0.6) is 11.6 Å². The maximum atomic E-state index is 12.8. The summed E-state index contributed by atoms with van der Waals surface area (Å²) < 4.78 is 32.5. The minimum Gasteiger partial charge on any atom is -0.438 e. The minimum atomic E-state index is -3.71. The molecule has 3 aromatic rings. The molecule has 9 heteroatoms. The summed E-state index contributed by atoms with van der Waals surface area (Å²) in [6.45, 7) is 5.35. The molecule has 0 spiro atoms. The third-order valence-electron chi connectivity index (χ3n) is 5.05. The number of anilines is 1. The van der Waals surface area contributed by atoms with Crippen LogP contribution in [0, 0.1) is 18.3 Å². The maximum Gasteiger partial charge on any atom is 0.255 e. The molecule has 170 valence electrons. The SMILES string of the molecule is Cc1cc(Oc2ncccc2C#N)ccc1NC(=O)c1cccc(S(=O)(=O)N(C)C(C)C)c1. The van der Waals surface area contributed by atoms with E-state index in [1.165, 1.54) is 29.7 Å². The van der Waals surface area contributed by atoms with Crippen molar-refractivity contribution in [1.29, 1.82) is 5.26 Å². The summed E-state index contributed by atoms with van der Waals surface area (Å²) in [7, 11) is -2.20. The number of ether oxygens (including phenoxy) is 1. The van der Waals surface area contributed by atoms with Crippen LogP contribution in [-0.4, -0.2) is 36.7 Å². The molecule has 0 saturated heterocycles. The van der Waals surface area contributed by atoms with Crippen molar-refractivity contribution in [3.05, 3.63) is 77.5 Å². The molecule has 0 radical (unpaired) electrons. The molecule has 2 aromatic carbocycles. The predicted molar refractivity (Wildman–Crippen MR) is 125 cm³/mol. The van der Waals surface area contributed by atoms with Crippen LogP contribution < -0.4 is 10.1 Å². The van der Waals surface area contributed by atoms with E-state index < -0.39 is 15.9 Å². The predicted octanol–water partition coefficient (Wildman–Crippen LogP) is 4.34. The average Bonchev–Trinajstić information content (AvgIpc) is 2.80. The van der Waals surface area contributed by atoms with Gasteiger partial charge in [-0.1, -0.05) is 6.07 Å². The van der Waals surface area contributed by atoms with Gasteiger partial charge in [0, 0.05) is 30.5 Å². The Morgan fingerprint density at radius 3 is 2.58 bits per heavy atom. The molecule has 8 nitrogen and oxygen atoms in total. The first-order chi connectivity index (χ1) is 15.6. The van der Waals surface area contributed by atoms with E-state index in [-0.39, 0.29) is 22.4 Å². The number of carbonyl (C=O) groups excluding carboxylic acids is 1. The van der Waals surface area contributed by atoms with E-state index in [0.717, 1.165) is 5.56 Å². The average molecular weight is 465 g/mol. The number of hydrogen-bond acceptors (Lipinski definition) is 6. The molecule has 1 N–H and O–H groups in total. The van der Waals surface area contributed by atoms with Crippen LogP contribution in [0.25, 0.3) is 0 Å². The van der Waals surface area contributed by atoms with Crippen LogP contribution in [0.4, 0.5) is 5.69 Å². The highest BCUT2D eigenvalue weighted by atomic mass is 32.2. The van der Waals surface area contributed by atoms with Crippen molar-refractivity contribution < 1.29 is 17.9 Å². The number of aryl methyl sites for hydroxylation is 1. The van der Waals surface area contributed by atoms with E-state index in [2.05, 4.69) is 10.3 Å². The molecule has 0 atom stereocenters. The lowest BCUT2D eigenvalue weighted by Crippen LogP contribution is -2.33. The molecule has 3 rings (SSSR count). The number of nitriles is 1. The first-order valence-corrected chi connectivity index (χ1v) is 11.6. The van der Waals surface area contributed by atoms with Gasteiger partial charge >= 0.3 is 0 Å². The molecule has 0 aliphatic carbocycles. The fourth-order valence-electron chi connectivity index (χ4n) is 2.94. The van der Waals surface area contributed by atoms with Gasteiger partial charge in [0.1, 0.15) is 17.4 Å². The van der Waals surface area contributed by atoms with E-state index in [1.54, 1.807) is 63.2 Å². The maximum absolute atomic E-state index is 12.8. The number of hydrogen-bond donors (Lipinski definition) is 1. The molecule has 0 bridgehead atoms. The number of aromatic nitrogens is 1. The Balaban J connectivity index is 1.79. The first kappa shape index (κ1) is 23.9. The van der Waals surface area contributed by atoms with Crippen molar-refractivity contribution in [3.63, 3.8) is 0 Å². The smallest absolute Gasteiger partial charge is 0.255 e. The topological polar surface area (TPSA) is 112 Å². The Morgan fingerprint density at radius 2 is 1.91 bits per heavy atom.